The largest absolute Gasteiger partial charge is 0.497 e. The second kappa shape index (κ2) is 11.2. The second-order valence-corrected chi connectivity index (χ2v) is 7.81. The monoisotopic (exact) mass is 443 g/mol. The minimum Gasteiger partial charge on any atom is -0.497 e. The van der Waals surface area contributed by atoms with Crippen LogP contribution in [0.3, 0.4) is 0 Å². The Labute approximate surface area is 194 Å². The number of nitrogens with one attached hydrogen (secondary N) is 1. The molecule has 3 aromatic carbocycles. The van der Waals surface area contributed by atoms with E-state index in [1.807, 2.05) is 48.5 Å². The van der Waals surface area contributed by atoms with Gasteiger partial charge in [0.25, 0.3) is 0 Å². The van der Waals surface area contributed by atoms with Crippen LogP contribution in [0.4, 0.5) is 0 Å². The van der Waals surface area contributed by atoms with Gasteiger partial charge in [0.1, 0.15) is 17.3 Å². The summed E-state index contributed by atoms with van der Waals surface area (Å²) < 4.78 is 13.0. The Morgan fingerprint density at radius 3 is 2.45 bits per heavy atom. The number of imidazole rings is 1. The van der Waals surface area contributed by atoms with E-state index < -0.39 is 0 Å². The van der Waals surface area contributed by atoms with E-state index in [1.54, 1.807) is 7.11 Å². The molecule has 4 aromatic rings. The first-order valence-electron chi connectivity index (χ1n) is 11.2. The molecular weight excluding hydrogens is 414 g/mol. The van der Waals surface area contributed by atoms with Crippen molar-refractivity contribution in [3.63, 3.8) is 0 Å². The summed E-state index contributed by atoms with van der Waals surface area (Å²) in [5, 5.41) is 3.02. The van der Waals surface area contributed by atoms with Crippen LogP contribution < -0.4 is 14.8 Å². The molecule has 0 saturated carbocycles. The SMILES string of the molecule is COc1ccc(OCCCC(=O)NCc2nc3ccccc3n2CCc2ccccc2)cc1. The number of benzene rings is 3. The van der Waals surface area contributed by atoms with Gasteiger partial charge >= 0.3 is 0 Å². The molecule has 0 spiro atoms. The lowest BCUT2D eigenvalue weighted by Crippen LogP contribution is -2.25. The molecule has 0 radical (unpaired) electrons. The highest BCUT2D eigenvalue weighted by Crippen LogP contribution is 2.18. The summed E-state index contributed by atoms with van der Waals surface area (Å²) in [7, 11) is 1.63. The van der Waals surface area contributed by atoms with Gasteiger partial charge in [-0.25, -0.2) is 4.98 Å². The first-order valence-corrected chi connectivity index (χ1v) is 11.2. The first kappa shape index (κ1) is 22.4. The van der Waals surface area contributed by atoms with Crippen molar-refractivity contribution in [2.45, 2.75) is 32.4 Å². The maximum absolute atomic E-state index is 12.4. The van der Waals surface area contributed by atoms with Crippen molar-refractivity contribution < 1.29 is 14.3 Å². The van der Waals surface area contributed by atoms with Crippen LogP contribution in [0.5, 0.6) is 11.5 Å². The zero-order valence-corrected chi connectivity index (χ0v) is 18.9. The number of hydrogen-bond donors (Lipinski definition) is 1. The number of carbonyl (C=O) groups is 1. The molecule has 1 amide bonds. The fraction of sp³-hybridized carbons (Fsp3) is 0.259. The highest BCUT2D eigenvalue weighted by Gasteiger charge is 2.12. The zero-order chi connectivity index (χ0) is 22.9. The first-order chi connectivity index (χ1) is 16.2. The number of para-hydroxylation sites is 2. The number of ether oxygens (including phenoxy) is 2. The number of methoxy groups -OCH3 is 1. The maximum Gasteiger partial charge on any atom is 0.220 e. The number of aryl methyl sites for hydroxylation is 2. The molecule has 0 unspecified atom stereocenters. The minimum atomic E-state index is -0.00463. The highest BCUT2D eigenvalue weighted by atomic mass is 16.5. The quantitative estimate of drug-likeness (QED) is 0.339. The van der Waals surface area contributed by atoms with Crippen molar-refractivity contribution in [1.82, 2.24) is 14.9 Å². The Morgan fingerprint density at radius 1 is 0.939 bits per heavy atom. The summed E-state index contributed by atoms with van der Waals surface area (Å²) in [6, 6.07) is 25.9. The van der Waals surface area contributed by atoms with Gasteiger partial charge in [0.05, 0.1) is 31.3 Å². The Morgan fingerprint density at radius 2 is 1.67 bits per heavy atom. The number of hydrogen-bond acceptors (Lipinski definition) is 4. The predicted octanol–water partition coefficient (Wildman–Crippen LogP) is 4.76. The van der Waals surface area contributed by atoms with Gasteiger partial charge < -0.3 is 19.4 Å². The van der Waals surface area contributed by atoms with Gasteiger partial charge in [-0.3, -0.25) is 4.79 Å². The number of nitrogens with zero attached hydrogens (tertiary/aromatic N) is 2. The van der Waals surface area contributed by atoms with Gasteiger partial charge in [-0.05, 0) is 54.8 Å². The van der Waals surface area contributed by atoms with E-state index in [2.05, 4.69) is 40.2 Å². The third-order valence-corrected chi connectivity index (χ3v) is 5.52. The summed E-state index contributed by atoms with van der Waals surface area (Å²) in [6.45, 7) is 1.70. The molecule has 6 nitrogen and oxygen atoms in total. The van der Waals surface area contributed by atoms with Crippen LogP contribution in [-0.2, 0) is 24.3 Å². The van der Waals surface area contributed by atoms with Crippen molar-refractivity contribution in [2.75, 3.05) is 13.7 Å². The summed E-state index contributed by atoms with van der Waals surface area (Å²) in [6.07, 6.45) is 1.95. The van der Waals surface area contributed by atoms with Crippen LogP contribution in [0.1, 0.15) is 24.2 Å². The molecule has 0 aliphatic heterocycles. The zero-order valence-electron chi connectivity index (χ0n) is 18.9. The van der Waals surface area contributed by atoms with Gasteiger partial charge in [-0.1, -0.05) is 42.5 Å². The van der Waals surface area contributed by atoms with Gasteiger partial charge in [0, 0.05) is 13.0 Å². The van der Waals surface area contributed by atoms with Crippen molar-refractivity contribution in [2.24, 2.45) is 0 Å². The van der Waals surface area contributed by atoms with Crippen molar-refractivity contribution in [1.29, 1.82) is 0 Å². The van der Waals surface area contributed by atoms with Crippen LogP contribution in [0, 0.1) is 0 Å². The van der Waals surface area contributed by atoms with Crippen molar-refractivity contribution in [3.8, 4) is 11.5 Å². The van der Waals surface area contributed by atoms with Crippen LogP contribution in [-0.4, -0.2) is 29.2 Å². The van der Waals surface area contributed by atoms with E-state index in [4.69, 9.17) is 14.5 Å². The fourth-order valence-electron chi connectivity index (χ4n) is 3.76. The molecule has 0 bridgehead atoms. The Bertz CT molecular complexity index is 1170. The van der Waals surface area contributed by atoms with Crippen molar-refractivity contribution in [3.05, 3.63) is 90.3 Å². The van der Waals surface area contributed by atoms with Crippen LogP contribution in [0.25, 0.3) is 11.0 Å². The predicted molar refractivity (Wildman–Crippen MR) is 129 cm³/mol. The molecule has 0 fully saturated rings. The molecule has 1 aromatic heterocycles. The summed E-state index contributed by atoms with van der Waals surface area (Å²) >= 11 is 0. The molecule has 0 atom stereocenters. The molecule has 33 heavy (non-hydrogen) atoms. The molecule has 0 aliphatic rings. The van der Waals surface area contributed by atoms with E-state index in [0.717, 1.165) is 41.3 Å². The molecule has 1 N–H and O–H groups in total. The average molecular weight is 444 g/mol. The number of amides is 1. The van der Waals surface area contributed by atoms with Gasteiger partial charge in [0.15, 0.2) is 0 Å². The number of aromatic nitrogens is 2. The lowest BCUT2D eigenvalue weighted by atomic mass is 10.1. The van der Waals surface area contributed by atoms with Gasteiger partial charge in [-0.15, -0.1) is 0 Å². The lowest BCUT2D eigenvalue weighted by molar-refractivity contribution is -0.121. The van der Waals surface area contributed by atoms with Gasteiger partial charge in [0.2, 0.25) is 5.91 Å². The molecule has 0 saturated heterocycles. The summed E-state index contributed by atoms with van der Waals surface area (Å²) in [5.41, 5.74) is 3.32. The molecule has 4 rings (SSSR count). The summed E-state index contributed by atoms with van der Waals surface area (Å²) in [4.78, 5) is 17.2. The van der Waals surface area contributed by atoms with Gasteiger partial charge in [-0.2, -0.15) is 0 Å². The Balaban J connectivity index is 1.29. The minimum absolute atomic E-state index is 0.00463. The third-order valence-electron chi connectivity index (χ3n) is 5.52. The highest BCUT2D eigenvalue weighted by molar-refractivity contribution is 5.77. The Hall–Kier alpha value is -3.80. The van der Waals surface area contributed by atoms with Crippen LogP contribution in [0.15, 0.2) is 78.9 Å². The molecule has 0 aliphatic carbocycles. The van der Waals surface area contributed by atoms with Crippen molar-refractivity contribution >= 4 is 16.9 Å². The molecule has 1 heterocycles. The molecule has 170 valence electrons. The molecular formula is C27H29N3O3. The van der Waals surface area contributed by atoms with Crippen LogP contribution >= 0.6 is 0 Å². The van der Waals surface area contributed by atoms with E-state index in [9.17, 15) is 4.79 Å². The number of fused-ring (bicyclic) bond motifs is 1. The van der Waals surface area contributed by atoms with E-state index >= 15 is 0 Å². The van der Waals surface area contributed by atoms with Crippen LogP contribution in [0.2, 0.25) is 0 Å². The normalized spacial score (nSPS) is 10.8. The lowest BCUT2D eigenvalue weighted by Gasteiger charge is -2.11. The average Bonchev–Trinajstić information content (AvgIpc) is 3.22. The Kier molecular flexibility index (Phi) is 7.59. The number of carbonyl (C=O) groups excluding carboxylic acids is 1. The van der Waals surface area contributed by atoms with E-state index in [1.165, 1.54) is 5.56 Å². The standard InChI is InChI=1S/C27H29N3O3/c1-32-22-13-15-23(16-14-22)33-19-7-12-27(31)28-20-26-29-24-10-5-6-11-25(24)30(26)18-17-21-8-3-2-4-9-21/h2-6,8-11,13-16H,7,12,17-20H2,1H3,(H,28,31). The maximum atomic E-state index is 12.4. The second-order valence-electron chi connectivity index (χ2n) is 7.81. The third kappa shape index (κ3) is 6.13. The number of rotatable bonds is 11. The van der Waals surface area contributed by atoms with E-state index in [0.29, 0.717) is 26.0 Å². The fourth-order valence-corrected chi connectivity index (χ4v) is 3.76. The summed E-state index contributed by atoms with van der Waals surface area (Å²) in [5.74, 6) is 2.42. The topological polar surface area (TPSA) is 65.4 Å². The van der Waals surface area contributed by atoms with E-state index in [-0.39, 0.29) is 5.91 Å². The smallest absolute Gasteiger partial charge is 0.220 e. The molecule has 6 heteroatoms.